The highest BCUT2D eigenvalue weighted by Crippen LogP contribution is 2.23. The molecule has 0 radical (unpaired) electrons. The van der Waals surface area contributed by atoms with Crippen molar-refractivity contribution < 1.29 is 13.9 Å². The van der Waals surface area contributed by atoms with E-state index in [1.807, 2.05) is 26.0 Å². The minimum absolute atomic E-state index is 0.0457. The Labute approximate surface area is 149 Å². The summed E-state index contributed by atoms with van der Waals surface area (Å²) in [7, 11) is 0. The van der Waals surface area contributed by atoms with Crippen LogP contribution in [-0.4, -0.2) is 38.3 Å². The van der Waals surface area contributed by atoms with E-state index in [1.54, 1.807) is 6.07 Å². The summed E-state index contributed by atoms with van der Waals surface area (Å²) in [6, 6.07) is 5.64. The Kier molecular flexibility index (Phi) is 7.55. The predicted octanol–water partition coefficient (Wildman–Crippen LogP) is 3.11. The van der Waals surface area contributed by atoms with Gasteiger partial charge in [0, 0.05) is 38.4 Å². The Balaban J connectivity index is 1.87. The van der Waals surface area contributed by atoms with E-state index >= 15 is 0 Å². The molecule has 2 rings (SSSR count). The van der Waals surface area contributed by atoms with Crippen molar-refractivity contribution in [3.63, 3.8) is 0 Å². The van der Waals surface area contributed by atoms with Crippen molar-refractivity contribution >= 4 is 17.9 Å². The average molecular weight is 345 g/mol. The van der Waals surface area contributed by atoms with Gasteiger partial charge in [-0.2, -0.15) is 5.26 Å². The highest BCUT2D eigenvalue weighted by atomic mass is 16.5. The lowest BCUT2D eigenvalue weighted by Crippen LogP contribution is -2.28. The lowest BCUT2D eigenvalue weighted by atomic mass is 10.1. The smallest absolute Gasteiger partial charge is 0.262 e. The minimum Gasteiger partial charge on any atom is -0.441 e. The highest BCUT2D eigenvalue weighted by Gasteiger charge is 2.15. The van der Waals surface area contributed by atoms with E-state index in [0.717, 1.165) is 31.8 Å². The van der Waals surface area contributed by atoms with Crippen molar-refractivity contribution in [3.05, 3.63) is 23.5 Å². The van der Waals surface area contributed by atoms with Crippen molar-refractivity contribution in [1.82, 2.24) is 5.32 Å². The van der Waals surface area contributed by atoms with E-state index in [2.05, 4.69) is 10.2 Å². The number of hydrogen-bond donors (Lipinski definition) is 1. The van der Waals surface area contributed by atoms with Gasteiger partial charge in [0.25, 0.3) is 5.91 Å². The number of hydrogen-bond acceptors (Lipinski definition) is 5. The third-order valence-corrected chi connectivity index (χ3v) is 3.99. The average Bonchev–Trinajstić information content (AvgIpc) is 3.08. The first-order valence-corrected chi connectivity index (χ1v) is 8.96. The van der Waals surface area contributed by atoms with Gasteiger partial charge < -0.3 is 19.4 Å². The maximum atomic E-state index is 12.1. The number of ether oxygens (including phenoxy) is 1. The van der Waals surface area contributed by atoms with E-state index in [1.165, 1.54) is 12.5 Å². The highest BCUT2D eigenvalue weighted by molar-refractivity contribution is 6.01. The molecule has 0 saturated carbocycles. The van der Waals surface area contributed by atoms with Crippen molar-refractivity contribution in [2.24, 2.45) is 0 Å². The summed E-state index contributed by atoms with van der Waals surface area (Å²) in [6.07, 6.45) is 5.97. The molecule has 0 bridgehead atoms. The summed E-state index contributed by atoms with van der Waals surface area (Å²) in [6.45, 7) is 6.97. The predicted molar refractivity (Wildman–Crippen MR) is 97.1 cm³/mol. The molecular formula is C19H27N3O3. The van der Waals surface area contributed by atoms with Crippen LogP contribution in [0.4, 0.5) is 5.88 Å². The molecule has 6 heteroatoms. The first-order valence-electron chi connectivity index (χ1n) is 8.96. The number of carbonyl (C=O) groups is 1. The largest absolute Gasteiger partial charge is 0.441 e. The normalized spacial score (nSPS) is 15.3. The second-order valence-electron chi connectivity index (χ2n) is 6.42. The van der Waals surface area contributed by atoms with Gasteiger partial charge in [0.2, 0.25) is 0 Å². The van der Waals surface area contributed by atoms with Crippen LogP contribution < -0.4 is 10.2 Å². The maximum Gasteiger partial charge on any atom is 0.262 e. The van der Waals surface area contributed by atoms with Gasteiger partial charge >= 0.3 is 0 Å². The zero-order valence-corrected chi connectivity index (χ0v) is 15.1. The molecule has 1 aromatic rings. The second kappa shape index (κ2) is 9.90. The van der Waals surface area contributed by atoms with E-state index in [4.69, 9.17) is 9.15 Å². The van der Waals surface area contributed by atoms with E-state index in [-0.39, 0.29) is 17.6 Å². The van der Waals surface area contributed by atoms with Crippen molar-refractivity contribution in [2.45, 2.75) is 45.6 Å². The van der Waals surface area contributed by atoms with Gasteiger partial charge in [0.05, 0.1) is 6.10 Å². The lowest BCUT2D eigenvalue weighted by Gasteiger charge is -2.25. The maximum absolute atomic E-state index is 12.1. The topological polar surface area (TPSA) is 78.5 Å². The van der Waals surface area contributed by atoms with E-state index < -0.39 is 0 Å². The van der Waals surface area contributed by atoms with Crippen molar-refractivity contribution in [2.75, 3.05) is 31.1 Å². The molecule has 0 aromatic carbocycles. The monoisotopic (exact) mass is 345 g/mol. The second-order valence-corrected chi connectivity index (χ2v) is 6.42. The van der Waals surface area contributed by atoms with Crippen LogP contribution in [0.5, 0.6) is 0 Å². The summed E-state index contributed by atoms with van der Waals surface area (Å²) in [4.78, 5) is 14.3. The van der Waals surface area contributed by atoms with Crippen molar-refractivity contribution in [3.8, 4) is 6.07 Å². The van der Waals surface area contributed by atoms with Crippen LogP contribution >= 0.6 is 0 Å². The zero-order chi connectivity index (χ0) is 18.1. The van der Waals surface area contributed by atoms with Crippen LogP contribution in [0.2, 0.25) is 0 Å². The summed E-state index contributed by atoms with van der Waals surface area (Å²) in [5.41, 5.74) is 0.0457. The number of furan rings is 1. The molecule has 1 aliphatic heterocycles. The molecule has 1 fully saturated rings. The summed E-state index contributed by atoms with van der Waals surface area (Å²) >= 11 is 0. The number of amides is 1. The lowest BCUT2D eigenvalue weighted by molar-refractivity contribution is -0.117. The number of nitriles is 1. The van der Waals surface area contributed by atoms with Crippen LogP contribution in [0.15, 0.2) is 22.1 Å². The molecule has 1 amide bonds. The van der Waals surface area contributed by atoms with Gasteiger partial charge in [-0.1, -0.05) is 0 Å². The van der Waals surface area contributed by atoms with Crippen LogP contribution in [0.1, 0.15) is 45.3 Å². The van der Waals surface area contributed by atoms with Gasteiger partial charge in [0.15, 0.2) is 5.88 Å². The number of nitrogens with zero attached hydrogens (tertiary/aromatic N) is 2. The summed E-state index contributed by atoms with van der Waals surface area (Å²) in [5.74, 6) is 0.938. The molecule has 136 valence electrons. The molecule has 1 N–H and O–H groups in total. The first kappa shape index (κ1) is 19.1. The fraction of sp³-hybridized carbons (Fsp3) is 0.579. The molecule has 2 heterocycles. The molecule has 1 aromatic heterocycles. The van der Waals surface area contributed by atoms with Gasteiger partial charge in [-0.25, -0.2) is 0 Å². The summed E-state index contributed by atoms with van der Waals surface area (Å²) in [5, 5.41) is 12.0. The summed E-state index contributed by atoms with van der Waals surface area (Å²) < 4.78 is 11.2. The van der Waals surface area contributed by atoms with Gasteiger partial charge in [-0.15, -0.1) is 0 Å². The van der Waals surface area contributed by atoms with E-state index in [0.29, 0.717) is 25.3 Å². The van der Waals surface area contributed by atoms with Gasteiger partial charge in [-0.05, 0) is 45.6 Å². The van der Waals surface area contributed by atoms with Crippen LogP contribution in [0.25, 0.3) is 6.08 Å². The minimum atomic E-state index is -0.386. The van der Waals surface area contributed by atoms with Gasteiger partial charge in [0.1, 0.15) is 17.4 Å². The molecule has 25 heavy (non-hydrogen) atoms. The molecule has 0 aliphatic carbocycles. The number of anilines is 1. The Morgan fingerprint density at radius 2 is 2.16 bits per heavy atom. The Bertz CT molecular complexity index is 622. The molecule has 0 atom stereocenters. The van der Waals surface area contributed by atoms with E-state index in [9.17, 15) is 10.1 Å². The van der Waals surface area contributed by atoms with Crippen LogP contribution in [-0.2, 0) is 9.53 Å². The first-order chi connectivity index (χ1) is 12.1. The number of nitrogens with one attached hydrogen (secondary N) is 1. The molecule has 6 nitrogen and oxygen atoms in total. The number of carbonyl (C=O) groups excluding carboxylic acids is 1. The molecule has 0 unspecified atom stereocenters. The third-order valence-electron chi connectivity index (χ3n) is 3.99. The fourth-order valence-electron chi connectivity index (χ4n) is 2.68. The SMILES string of the molecule is CC(C)OCCCNC(=O)/C(C#N)=C\c1ccc(N2CCCCC2)o1. The zero-order valence-electron chi connectivity index (χ0n) is 15.1. The third kappa shape index (κ3) is 6.28. The molecular weight excluding hydrogens is 318 g/mol. The quantitative estimate of drug-likeness (QED) is 0.445. The number of rotatable bonds is 8. The molecule has 1 aliphatic rings. The van der Waals surface area contributed by atoms with Crippen LogP contribution in [0, 0.1) is 11.3 Å². The van der Waals surface area contributed by atoms with Crippen LogP contribution in [0.3, 0.4) is 0 Å². The molecule has 1 saturated heterocycles. The van der Waals surface area contributed by atoms with Gasteiger partial charge in [-0.3, -0.25) is 4.79 Å². The Morgan fingerprint density at radius 1 is 1.40 bits per heavy atom. The van der Waals surface area contributed by atoms with Crippen molar-refractivity contribution in [1.29, 1.82) is 5.26 Å². The molecule has 0 spiro atoms. The fourth-order valence-corrected chi connectivity index (χ4v) is 2.68. The Morgan fingerprint density at radius 3 is 2.84 bits per heavy atom. The standard InChI is InChI=1S/C19H27N3O3/c1-15(2)24-12-6-9-21-19(23)16(14-20)13-17-7-8-18(25-17)22-10-4-3-5-11-22/h7-8,13,15H,3-6,9-12H2,1-2H3,(H,21,23)/b16-13-. The Hall–Kier alpha value is -2.26. The number of piperidine rings is 1.